The standard InChI is InChI=1S/C9H11S.ClH.3H2O/c1-10-8-6-4-2-3-5-7-9-10;;;;/h2-9H,1H3;1H;3*1H2/q+1;;;;/p-1. The van der Waals surface area contributed by atoms with Gasteiger partial charge in [0.15, 0.2) is 0 Å². The van der Waals surface area contributed by atoms with E-state index in [1.54, 1.807) is 0 Å². The highest BCUT2D eigenvalue weighted by Crippen LogP contribution is 2.05. The first kappa shape index (κ1) is 23.3. The molecule has 84 valence electrons. The lowest BCUT2D eigenvalue weighted by molar-refractivity contribution is -0.00000572. The second kappa shape index (κ2) is 14.9. The van der Waals surface area contributed by atoms with Gasteiger partial charge in [-0.3, -0.25) is 0 Å². The van der Waals surface area contributed by atoms with Crippen molar-refractivity contribution in [2.24, 2.45) is 6.26 Å². The van der Waals surface area contributed by atoms with Crippen molar-refractivity contribution in [3.05, 3.63) is 47.2 Å². The van der Waals surface area contributed by atoms with Crippen molar-refractivity contribution >= 4 is 10.5 Å². The van der Waals surface area contributed by atoms with Crippen LogP contribution in [0.15, 0.2) is 47.2 Å². The van der Waals surface area contributed by atoms with Crippen LogP contribution in [-0.2, 0) is 6.26 Å². The van der Waals surface area contributed by atoms with Crippen LogP contribution in [0.25, 0.3) is 0 Å². The molecule has 5 heteroatoms. The Hall–Kier alpha value is -0.650. The van der Waals surface area contributed by atoms with Crippen LogP contribution in [0.5, 0.6) is 0 Å². The van der Waals surface area contributed by atoms with E-state index in [-0.39, 0.29) is 28.8 Å². The SMILES string of the molecule is C[s+]1cccccccc1.O.O.O.[Cl-]. The lowest BCUT2D eigenvalue weighted by Crippen LogP contribution is -3.00. The number of aryl methyl sites for hydroxylation is 1. The molecule has 14 heavy (non-hydrogen) atoms. The van der Waals surface area contributed by atoms with Gasteiger partial charge in [-0.1, -0.05) is 24.3 Å². The average molecular weight is 241 g/mol. The molecule has 0 atom stereocenters. The maximum Gasteiger partial charge on any atom is 0.137 e. The molecule has 0 saturated heterocycles. The lowest BCUT2D eigenvalue weighted by atomic mass is 10.5. The van der Waals surface area contributed by atoms with Crippen LogP contribution in [0, 0.1) is 0 Å². The quantitative estimate of drug-likeness (QED) is 0.453. The summed E-state index contributed by atoms with van der Waals surface area (Å²) in [6.07, 6.45) is 2.19. The van der Waals surface area contributed by atoms with Gasteiger partial charge < -0.3 is 28.8 Å². The fraction of sp³-hybridized carbons (Fsp3) is 0.111. The molecule has 6 N–H and O–H groups in total. The van der Waals surface area contributed by atoms with E-state index in [2.05, 4.69) is 29.1 Å². The molecule has 1 aromatic rings. The number of halogens is 1. The second-order valence-corrected chi connectivity index (χ2v) is 3.79. The lowest BCUT2D eigenvalue weighted by Gasteiger charge is -1.67. The van der Waals surface area contributed by atoms with Crippen LogP contribution in [0.4, 0.5) is 0 Å². The molecule has 0 saturated carbocycles. The monoisotopic (exact) mass is 240 g/mol. The van der Waals surface area contributed by atoms with Gasteiger partial charge in [0.05, 0.1) is 0 Å². The topological polar surface area (TPSA) is 94.5 Å². The zero-order valence-corrected chi connectivity index (χ0v) is 9.48. The molecule has 0 unspecified atom stereocenters. The van der Waals surface area contributed by atoms with Crippen molar-refractivity contribution in [3.8, 4) is 0 Å². The Morgan fingerprint density at radius 1 is 0.643 bits per heavy atom. The van der Waals surface area contributed by atoms with Crippen LogP contribution >= 0.6 is 10.5 Å². The average Bonchev–Trinajstić information content (AvgIpc) is 2.02. The van der Waals surface area contributed by atoms with Crippen molar-refractivity contribution in [2.45, 2.75) is 0 Å². The predicted molar refractivity (Wildman–Crippen MR) is 58.4 cm³/mol. The summed E-state index contributed by atoms with van der Waals surface area (Å²) >= 11 is 0. The first-order valence-corrected chi connectivity index (χ1v) is 4.97. The van der Waals surface area contributed by atoms with Crippen LogP contribution in [0.2, 0.25) is 0 Å². The van der Waals surface area contributed by atoms with Gasteiger partial charge in [-0.15, -0.1) is 0 Å². The Balaban J connectivity index is -0.000000125. The van der Waals surface area contributed by atoms with Crippen molar-refractivity contribution in [3.63, 3.8) is 0 Å². The molecule has 0 aromatic carbocycles. The Morgan fingerprint density at radius 2 is 0.929 bits per heavy atom. The third-order valence-corrected chi connectivity index (χ3v) is 2.31. The molecule has 0 aliphatic carbocycles. The first-order valence-electron chi connectivity index (χ1n) is 3.21. The Labute approximate surface area is 93.0 Å². The maximum absolute atomic E-state index is 2.19. The van der Waals surface area contributed by atoms with E-state index in [4.69, 9.17) is 0 Å². The van der Waals surface area contributed by atoms with Crippen LogP contribution in [0.1, 0.15) is 0 Å². The summed E-state index contributed by atoms with van der Waals surface area (Å²) in [7, 11) is 0.307. The molecule has 0 fully saturated rings. The molecule has 0 bridgehead atoms. The van der Waals surface area contributed by atoms with E-state index < -0.39 is 0 Å². The molecule has 3 nitrogen and oxygen atoms in total. The third kappa shape index (κ3) is 11.4. The molecule has 0 radical (unpaired) electrons. The van der Waals surface area contributed by atoms with Gasteiger partial charge in [0, 0.05) is 0 Å². The smallest absolute Gasteiger partial charge is 0.137 e. The van der Waals surface area contributed by atoms with Gasteiger partial charge in [0.25, 0.3) is 0 Å². The Bertz CT molecular complexity index is 227. The van der Waals surface area contributed by atoms with Crippen molar-refractivity contribution in [1.29, 1.82) is 0 Å². The van der Waals surface area contributed by atoms with E-state index in [0.29, 0.717) is 10.5 Å². The number of rotatable bonds is 0. The first-order chi connectivity index (χ1) is 4.89. The summed E-state index contributed by atoms with van der Waals surface area (Å²) in [5.41, 5.74) is 0. The molecule has 1 rings (SSSR count). The largest absolute Gasteiger partial charge is 1.00 e. The molecule has 0 amide bonds. The predicted octanol–water partition coefficient (Wildman–Crippen LogP) is -2.37. The van der Waals surface area contributed by atoms with Gasteiger partial charge in [-0.2, -0.15) is 0 Å². The van der Waals surface area contributed by atoms with Crippen molar-refractivity contribution in [2.75, 3.05) is 0 Å². The van der Waals surface area contributed by atoms with Crippen LogP contribution in [0.3, 0.4) is 0 Å². The van der Waals surface area contributed by atoms with Crippen LogP contribution in [-0.4, -0.2) is 16.4 Å². The number of hydrogen-bond acceptors (Lipinski definition) is 0. The van der Waals surface area contributed by atoms with E-state index in [9.17, 15) is 0 Å². The van der Waals surface area contributed by atoms with Gasteiger partial charge in [-0.05, 0) is 22.6 Å². The molecule has 0 aliphatic heterocycles. The Kier molecular flexibility index (Phi) is 24.7. The van der Waals surface area contributed by atoms with Gasteiger partial charge in [-0.25, -0.2) is 0 Å². The van der Waals surface area contributed by atoms with Gasteiger partial charge in [0.2, 0.25) is 0 Å². The van der Waals surface area contributed by atoms with Crippen LogP contribution < -0.4 is 12.4 Å². The molecular weight excluding hydrogens is 224 g/mol. The fourth-order valence-corrected chi connectivity index (χ4v) is 1.41. The zero-order chi connectivity index (χ0) is 7.23. The maximum atomic E-state index is 2.19. The molecule has 0 spiro atoms. The molecule has 1 heterocycles. The fourth-order valence-electron chi connectivity index (χ4n) is 0.641. The highest BCUT2D eigenvalue weighted by molar-refractivity contribution is 7.26. The molecule has 1 aromatic heterocycles. The van der Waals surface area contributed by atoms with E-state index in [0.717, 1.165) is 0 Å². The minimum Gasteiger partial charge on any atom is -1.00 e. The van der Waals surface area contributed by atoms with E-state index >= 15 is 0 Å². The van der Waals surface area contributed by atoms with Crippen molar-refractivity contribution < 1.29 is 28.8 Å². The summed E-state index contributed by atoms with van der Waals surface area (Å²) in [6, 6.07) is 12.3. The summed E-state index contributed by atoms with van der Waals surface area (Å²) < 4.78 is 0. The Morgan fingerprint density at radius 3 is 1.29 bits per heavy atom. The minimum atomic E-state index is 0. The van der Waals surface area contributed by atoms with E-state index in [1.165, 1.54) is 0 Å². The summed E-state index contributed by atoms with van der Waals surface area (Å²) in [5.74, 6) is 0. The van der Waals surface area contributed by atoms with Crippen molar-refractivity contribution in [1.82, 2.24) is 0 Å². The summed E-state index contributed by atoms with van der Waals surface area (Å²) in [5, 5.41) is 4.39. The highest BCUT2D eigenvalue weighted by Gasteiger charge is 1.79. The van der Waals surface area contributed by atoms with Gasteiger partial charge in [0.1, 0.15) is 17.0 Å². The van der Waals surface area contributed by atoms with Gasteiger partial charge >= 0.3 is 0 Å². The zero-order valence-electron chi connectivity index (χ0n) is 7.91. The van der Waals surface area contributed by atoms with E-state index in [1.807, 2.05) is 24.3 Å². The second-order valence-electron chi connectivity index (χ2n) is 2.03. The molecule has 0 aliphatic rings. The normalized spacial score (nSPS) is 6.07. The highest BCUT2D eigenvalue weighted by atomic mass is 35.5. The number of hydrogen-bond donors (Lipinski definition) is 0. The minimum absolute atomic E-state index is 0. The summed E-state index contributed by atoms with van der Waals surface area (Å²) in [4.78, 5) is 0. The summed E-state index contributed by atoms with van der Waals surface area (Å²) in [6.45, 7) is 0. The third-order valence-electron chi connectivity index (χ3n) is 1.14. The molecular formula is C9H17ClO3S.